The number of hydrogen-bond acceptors (Lipinski definition) is 2. The fraction of sp³-hybridized carbons (Fsp3) is 0.176. The van der Waals surface area contributed by atoms with Crippen molar-refractivity contribution in [1.29, 1.82) is 0 Å². The molecule has 0 spiro atoms. The number of nitrogens with zero attached hydrogens (tertiary/aromatic N) is 3. The minimum atomic E-state index is -0.00166. The molecule has 0 saturated heterocycles. The summed E-state index contributed by atoms with van der Waals surface area (Å²) in [5.74, 6) is 0.530. The molecule has 2 heterocycles. The zero-order valence-electron chi connectivity index (χ0n) is 11.9. The Balaban J connectivity index is 1.72. The Labute approximate surface area is 136 Å². The number of imidazole rings is 1. The fourth-order valence-electron chi connectivity index (χ4n) is 2.94. The lowest BCUT2D eigenvalue weighted by molar-refractivity contribution is 0.0685. The molecule has 1 aliphatic rings. The molecule has 0 radical (unpaired) electrons. The number of carbonyl (C=O) groups is 1. The van der Waals surface area contributed by atoms with E-state index in [9.17, 15) is 4.79 Å². The minimum absolute atomic E-state index is 0.00166. The van der Waals surface area contributed by atoms with Crippen LogP contribution in [0.3, 0.4) is 0 Å². The third kappa shape index (κ3) is 2.13. The normalized spacial score (nSPS) is 14.4. The lowest BCUT2D eigenvalue weighted by Gasteiger charge is -2.27. The Bertz CT molecular complexity index is 857. The topological polar surface area (TPSA) is 38.1 Å². The summed E-state index contributed by atoms with van der Waals surface area (Å²) in [6.07, 6.45) is 0. The minimum Gasteiger partial charge on any atom is -0.330 e. The first kappa shape index (κ1) is 13.5. The Kier molecular flexibility index (Phi) is 3.22. The number of fused-ring (bicyclic) bond motifs is 3. The van der Waals surface area contributed by atoms with Gasteiger partial charge in [-0.2, -0.15) is 0 Å². The van der Waals surface area contributed by atoms with E-state index in [0.717, 1.165) is 27.6 Å². The largest absolute Gasteiger partial charge is 0.330 e. The third-order valence-corrected chi connectivity index (χ3v) is 4.65. The predicted octanol–water partition coefficient (Wildman–Crippen LogP) is 3.45. The molecule has 3 aromatic rings. The van der Waals surface area contributed by atoms with Gasteiger partial charge in [-0.05, 0) is 33.6 Å². The van der Waals surface area contributed by atoms with E-state index >= 15 is 0 Å². The molecule has 0 aliphatic carbocycles. The summed E-state index contributed by atoms with van der Waals surface area (Å²) in [5.41, 5.74) is 3.01. The molecule has 1 amide bonds. The standard InChI is InChI=1S/C17H14BrN3O/c18-13-7-4-8-14-15(13)21-10-9-20(17(22)16(21)19-14)11-12-5-2-1-3-6-12/h1-8H,9-11H2. The number of hydrogen-bond donors (Lipinski definition) is 0. The van der Waals surface area contributed by atoms with Crippen molar-refractivity contribution in [3.05, 3.63) is 64.4 Å². The Morgan fingerprint density at radius 1 is 1.05 bits per heavy atom. The van der Waals surface area contributed by atoms with E-state index in [0.29, 0.717) is 18.9 Å². The van der Waals surface area contributed by atoms with Crippen LogP contribution >= 0.6 is 15.9 Å². The second kappa shape index (κ2) is 5.25. The molecule has 5 heteroatoms. The number of halogens is 1. The van der Waals surface area contributed by atoms with Crippen LogP contribution in [0.2, 0.25) is 0 Å². The van der Waals surface area contributed by atoms with Crippen LogP contribution in [-0.4, -0.2) is 26.9 Å². The molecular weight excluding hydrogens is 342 g/mol. The molecule has 0 saturated carbocycles. The highest BCUT2D eigenvalue weighted by molar-refractivity contribution is 9.10. The van der Waals surface area contributed by atoms with Crippen molar-refractivity contribution in [2.75, 3.05) is 6.54 Å². The lowest BCUT2D eigenvalue weighted by Crippen LogP contribution is -2.39. The van der Waals surface area contributed by atoms with Crippen LogP contribution in [-0.2, 0) is 13.1 Å². The summed E-state index contributed by atoms with van der Waals surface area (Å²) >= 11 is 3.56. The van der Waals surface area contributed by atoms with E-state index in [2.05, 4.69) is 20.9 Å². The van der Waals surface area contributed by atoms with Gasteiger partial charge in [0.1, 0.15) is 0 Å². The maximum Gasteiger partial charge on any atom is 0.290 e. The van der Waals surface area contributed by atoms with Crippen molar-refractivity contribution in [3.63, 3.8) is 0 Å². The van der Waals surface area contributed by atoms with Crippen molar-refractivity contribution in [1.82, 2.24) is 14.5 Å². The Morgan fingerprint density at radius 2 is 1.86 bits per heavy atom. The predicted molar refractivity (Wildman–Crippen MR) is 88.6 cm³/mol. The first-order chi connectivity index (χ1) is 10.7. The SMILES string of the molecule is O=C1c2nc3cccc(Br)c3n2CCN1Cc1ccccc1. The zero-order valence-corrected chi connectivity index (χ0v) is 13.5. The maximum absolute atomic E-state index is 12.7. The molecule has 2 aromatic carbocycles. The van der Waals surface area contributed by atoms with Crippen LogP contribution in [0.25, 0.3) is 11.0 Å². The van der Waals surface area contributed by atoms with Gasteiger partial charge in [-0.15, -0.1) is 0 Å². The molecule has 1 aliphatic heterocycles. The van der Waals surface area contributed by atoms with Crippen LogP contribution < -0.4 is 0 Å². The smallest absolute Gasteiger partial charge is 0.290 e. The number of benzene rings is 2. The molecule has 4 rings (SSSR count). The van der Waals surface area contributed by atoms with Crippen LogP contribution in [0.15, 0.2) is 53.0 Å². The van der Waals surface area contributed by atoms with Crippen molar-refractivity contribution in [2.24, 2.45) is 0 Å². The molecule has 0 bridgehead atoms. The number of rotatable bonds is 2. The Morgan fingerprint density at radius 3 is 2.68 bits per heavy atom. The summed E-state index contributed by atoms with van der Waals surface area (Å²) in [6.45, 7) is 2.10. The van der Waals surface area contributed by atoms with Gasteiger partial charge in [0.05, 0.1) is 11.0 Å². The van der Waals surface area contributed by atoms with E-state index in [1.165, 1.54) is 0 Å². The van der Waals surface area contributed by atoms with Gasteiger partial charge >= 0.3 is 0 Å². The van der Waals surface area contributed by atoms with Crippen molar-refractivity contribution < 1.29 is 4.79 Å². The van der Waals surface area contributed by atoms with Crippen LogP contribution in [0.1, 0.15) is 16.2 Å². The first-order valence-electron chi connectivity index (χ1n) is 7.22. The van der Waals surface area contributed by atoms with Gasteiger partial charge < -0.3 is 9.47 Å². The maximum atomic E-state index is 12.7. The molecule has 110 valence electrons. The van der Waals surface area contributed by atoms with Crippen molar-refractivity contribution in [3.8, 4) is 0 Å². The van der Waals surface area contributed by atoms with Crippen molar-refractivity contribution >= 4 is 32.9 Å². The number of para-hydroxylation sites is 1. The Hall–Kier alpha value is -2.14. The van der Waals surface area contributed by atoms with Gasteiger partial charge in [0.2, 0.25) is 0 Å². The van der Waals surface area contributed by atoms with Gasteiger partial charge in [-0.3, -0.25) is 4.79 Å². The van der Waals surface area contributed by atoms with Gasteiger partial charge in [0.25, 0.3) is 5.91 Å². The molecule has 0 fully saturated rings. The summed E-state index contributed by atoms with van der Waals surface area (Å²) in [5, 5.41) is 0. The van der Waals surface area contributed by atoms with Crippen molar-refractivity contribution in [2.45, 2.75) is 13.1 Å². The molecule has 0 N–H and O–H groups in total. The van der Waals surface area contributed by atoms with Gasteiger partial charge in [0, 0.05) is 24.1 Å². The highest BCUT2D eigenvalue weighted by Crippen LogP contribution is 2.27. The molecule has 0 unspecified atom stereocenters. The van der Waals surface area contributed by atoms with E-state index < -0.39 is 0 Å². The summed E-state index contributed by atoms with van der Waals surface area (Å²) in [6, 6.07) is 15.9. The number of aromatic nitrogens is 2. The van der Waals surface area contributed by atoms with E-state index in [4.69, 9.17) is 0 Å². The lowest BCUT2D eigenvalue weighted by atomic mass is 10.2. The molecule has 0 atom stereocenters. The van der Waals surface area contributed by atoms with E-state index in [1.807, 2.05) is 58.0 Å². The van der Waals surface area contributed by atoms with Crippen LogP contribution in [0.4, 0.5) is 0 Å². The number of carbonyl (C=O) groups excluding carboxylic acids is 1. The molecular formula is C17H14BrN3O. The molecule has 4 nitrogen and oxygen atoms in total. The van der Waals surface area contributed by atoms with Gasteiger partial charge in [-0.25, -0.2) is 4.98 Å². The third-order valence-electron chi connectivity index (χ3n) is 4.01. The highest BCUT2D eigenvalue weighted by atomic mass is 79.9. The highest BCUT2D eigenvalue weighted by Gasteiger charge is 2.28. The second-order valence-corrected chi connectivity index (χ2v) is 6.26. The van der Waals surface area contributed by atoms with Crippen LogP contribution in [0.5, 0.6) is 0 Å². The first-order valence-corrected chi connectivity index (χ1v) is 8.01. The number of amides is 1. The van der Waals surface area contributed by atoms with E-state index in [1.54, 1.807) is 0 Å². The molecule has 1 aromatic heterocycles. The summed E-state index contributed by atoms with van der Waals surface area (Å²) < 4.78 is 3.00. The second-order valence-electron chi connectivity index (χ2n) is 5.41. The zero-order chi connectivity index (χ0) is 15.1. The average Bonchev–Trinajstić information content (AvgIpc) is 2.92. The fourth-order valence-corrected chi connectivity index (χ4v) is 3.51. The summed E-state index contributed by atoms with van der Waals surface area (Å²) in [7, 11) is 0. The van der Waals surface area contributed by atoms with E-state index in [-0.39, 0.29) is 5.91 Å². The molecule has 22 heavy (non-hydrogen) atoms. The summed E-state index contributed by atoms with van der Waals surface area (Å²) in [4.78, 5) is 19.1. The van der Waals surface area contributed by atoms with Crippen LogP contribution in [0, 0.1) is 0 Å². The monoisotopic (exact) mass is 355 g/mol. The average molecular weight is 356 g/mol. The quantitative estimate of drug-likeness (QED) is 0.705. The van der Waals surface area contributed by atoms with Gasteiger partial charge in [-0.1, -0.05) is 36.4 Å². The van der Waals surface area contributed by atoms with Gasteiger partial charge in [0.15, 0.2) is 5.82 Å².